The van der Waals surface area contributed by atoms with E-state index in [0.29, 0.717) is 11.5 Å². The van der Waals surface area contributed by atoms with Crippen LogP contribution in [-0.2, 0) is 9.31 Å². The largest absolute Gasteiger partial charge is 0.504 e. The monoisotopic (exact) mass is 311 g/mol. The number of phenolic OH excluding ortho intramolecular Hbond substituents is 1. The molecule has 1 aliphatic heterocycles. The number of phenols is 1. The molecule has 0 bridgehead atoms. The zero-order chi connectivity index (χ0) is 16.7. The molecular formula is C15H20BF2NO3. The Morgan fingerprint density at radius 2 is 1.77 bits per heavy atom. The third-order valence-electron chi connectivity index (χ3n) is 4.19. The van der Waals surface area contributed by atoms with Crippen molar-refractivity contribution in [2.75, 3.05) is 6.54 Å². The number of halogens is 2. The third kappa shape index (κ3) is 3.02. The second kappa shape index (κ2) is 5.64. The number of hydrogen-bond acceptors (Lipinski definition) is 4. The molecule has 1 saturated heterocycles. The van der Waals surface area contributed by atoms with Crippen LogP contribution in [0.5, 0.6) is 5.75 Å². The van der Waals surface area contributed by atoms with Crippen molar-refractivity contribution in [2.24, 2.45) is 5.73 Å². The Labute approximate surface area is 129 Å². The van der Waals surface area contributed by atoms with Gasteiger partial charge in [0.1, 0.15) is 5.82 Å². The molecule has 0 saturated carbocycles. The first-order chi connectivity index (χ1) is 10.1. The van der Waals surface area contributed by atoms with Gasteiger partial charge in [-0.25, -0.2) is 8.78 Å². The molecule has 0 aliphatic carbocycles. The van der Waals surface area contributed by atoms with Gasteiger partial charge >= 0.3 is 7.12 Å². The van der Waals surface area contributed by atoms with Gasteiger partial charge in [0, 0.05) is 18.2 Å². The third-order valence-corrected chi connectivity index (χ3v) is 4.19. The number of hydrogen-bond donors (Lipinski definition) is 2. The Bertz CT molecular complexity index is 601. The molecule has 1 aliphatic rings. The van der Waals surface area contributed by atoms with Crippen LogP contribution in [-0.4, -0.2) is 30.0 Å². The summed E-state index contributed by atoms with van der Waals surface area (Å²) in [6.07, 6.45) is 1.39. The van der Waals surface area contributed by atoms with Crippen LogP contribution in [0.3, 0.4) is 0 Å². The van der Waals surface area contributed by atoms with E-state index in [2.05, 4.69) is 0 Å². The molecule has 0 aromatic heterocycles. The fraction of sp³-hybridized carbons (Fsp3) is 0.467. The van der Waals surface area contributed by atoms with E-state index in [4.69, 9.17) is 15.0 Å². The van der Waals surface area contributed by atoms with Crippen LogP contribution < -0.4 is 5.73 Å². The highest BCUT2D eigenvalue weighted by atomic mass is 19.1. The summed E-state index contributed by atoms with van der Waals surface area (Å²) in [5.41, 5.74) is 5.08. The van der Waals surface area contributed by atoms with Gasteiger partial charge in [0.25, 0.3) is 0 Å². The molecule has 120 valence electrons. The Morgan fingerprint density at radius 3 is 2.27 bits per heavy atom. The summed E-state index contributed by atoms with van der Waals surface area (Å²) >= 11 is 0. The molecule has 7 heteroatoms. The van der Waals surface area contributed by atoms with Gasteiger partial charge in [-0.3, -0.25) is 0 Å². The van der Waals surface area contributed by atoms with Crippen LogP contribution in [0.4, 0.5) is 8.78 Å². The lowest BCUT2D eigenvalue weighted by Crippen LogP contribution is -2.41. The second-order valence-electron chi connectivity index (χ2n) is 6.34. The van der Waals surface area contributed by atoms with E-state index in [9.17, 15) is 13.9 Å². The van der Waals surface area contributed by atoms with Gasteiger partial charge < -0.3 is 20.1 Å². The Kier molecular flexibility index (Phi) is 4.34. The second-order valence-corrected chi connectivity index (χ2v) is 6.34. The van der Waals surface area contributed by atoms with Crippen molar-refractivity contribution in [1.29, 1.82) is 0 Å². The molecule has 3 N–H and O–H groups in total. The smallest absolute Gasteiger partial charge is 0.491 e. The number of aromatic hydroxyl groups is 1. The predicted octanol–water partition coefficient (Wildman–Crippen LogP) is 2.64. The Balaban J connectivity index is 2.38. The minimum absolute atomic E-state index is 0.00679. The zero-order valence-electron chi connectivity index (χ0n) is 13.1. The highest BCUT2D eigenvalue weighted by molar-refractivity contribution is 6.55. The predicted molar refractivity (Wildman–Crippen MR) is 81.1 cm³/mol. The Hall–Kier alpha value is -1.44. The lowest BCUT2D eigenvalue weighted by atomic mass is 9.77. The number of benzene rings is 1. The number of nitrogens with two attached hydrogens (primary N) is 1. The molecule has 0 unspecified atom stereocenters. The fourth-order valence-corrected chi connectivity index (χ4v) is 2.11. The van der Waals surface area contributed by atoms with Crippen molar-refractivity contribution >= 4 is 13.2 Å². The van der Waals surface area contributed by atoms with E-state index in [1.54, 1.807) is 0 Å². The van der Waals surface area contributed by atoms with E-state index in [0.717, 1.165) is 6.07 Å². The van der Waals surface area contributed by atoms with E-state index in [-0.39, 0.29) is 12.1 Å². The van der Waals surface area contributed by atoms with E-state index >= 15 is 0 Å². The lowest BCUT2D eigenvalue weighted by molar-refractivity contribution is 0.00578. The normalized spacial score (nSPS) is 20.5. The fourth-order valence-electron chi connectivity index (χ4n) is 2.11. The summed E-state index contributed by atoms with van der Waals surface area (Å²) in [6, 6.07) is 1.64. The van der Waals surface area contributed by atoms with E-state index in [1.165, 1.54) is 6.08 Å². The zero-order valence-corrected chi connectivity index (χ0v) is 13.1. The minimum atomic E-state index is -1.03. The molecule has 1 heterocycles. The van der Waals surface area contributed by atoms with Gasteiger partial charge in [-0.1, -0.05) is 6.08 Å². The molecule has 0 radical (unpaired) electrons. The first-order valence-electron chi connectivity index (χ1n) is 7.01. The van der Waals surface area contributed by atoms with Gasteiger partial charge in [-0.15, -0.1) is 0 Å². The first-order valence-corrected chi connectivity index (χ1v) is 7.01. The topological polar surface area (TPSA) is 64.7 Å². The van der Waals surface area contributed by atoms with Crippen molar-refractivity contribution in [3.05, 3.63) is 34.8 Å². The van der Waals surface area contributed by atoms with Gasteiger partial charge in [-0.2, -0.15) is 0 Å². The highest BCUT2D eigenvalue weighted by Gasteiger charge is 2.52. The summed E-state index contributed by atoms with van der Waals surface area (Å²) < 4.78 is 38.4. The van der Waals surface area contributed by atoms with Crippen LogP contribution >= 0.6 is 0 Å². The SMILES string of the molecule is CC1(C)OB(C(=Cc2cc(F)cc(F)c2O)CN)OC1(C)C. The standard InChI is InChI=1S/C15H20BF2NO3/c1-14(2)15(3,4)22-16(21-14)10(8-19)5-9-6-11(17)7-12(18)13(9)20/h5-7,20H,8,19H2,1-4H3. The van der Waals surface area contributed by atoms with Crippen molar-refractivity contribution in [1.82, 2.24) is 0 Å². The lowest BCUT2D eigenvalue weighted by Gasteiger charge is -2.32. The molecule has 22 heavy (non-hydrogen) atoms. The van der Waals surface area contributed by atoms with Crippen molar-refractivity contribution in [3.63, 3.8) is 0 Å². The number of rotatable bonds is 3. The van der Waals surface area contributed by atoms with Gasteiger partial charge in [0.05, 0.1) is 11.2 Å². The highest BCUT2D eigenvalue weighted by Crippen LogP contribution is 2.39. The van der Waals surface area contributed by atoms with Crippen molar-refractivity contribution in [2.45, 2.75) is 38.9 Å². The molecule has 1 aromatic rings. The van der Waals surface area contributed by atoms with E-state index < -0.39 is 35.7 Å². The molecule has 1 fully saturated rings. The van der Waals surface area contributed by atoms with Gasteiger partial charge in [0.15, 0.2) is 11.6 Å². The molecule has 0 amide bonds. The summed E-state index contributed by atoms with van der Waals surface area (Å²) in [5.74, 6) is -2.45. The maximum atomic E-state index is 13.4. The molecule has 1 aromatic carbocycles. The van der Waals surface area contributed by atoms with Crippen LogP contribution in [0.15, 0.2) is 17.6 Å². The molecule has 0 atom stereocenters. The molecule has 0 spiro atoms. The Morgan fingerprint density at radius 1 is 1.23 bits per heavy atom. The minimum Gasteiger partial charge on any atom is -0.504 e. The maximum Gasteiger partial charge on any atom is 0.491 e. The summed E-state index contributed by atoms with van der Waals surface area (Å²) in [7, 11) is -0.735. The summed E-state index contributed by atoms with van der Waals surface area (Å²) in [4.78, 5) is 0. The maximum absolute atomic E-state index is 13.4. The summed E-state index contributed by atoms with van der Waals surface area (Å²) in [5, 5.41) is 9.71. The summed E-state index contributed by atoms with van der Waals surface area (Å²) in [6.45, 7) is 7.62. The van der Waals surface area contributed by atoms with E-state index in [1.807, 2.05) is 27.7 Å². The first kappa shape index (κ1) is 16.9. The van der Waals surface area contributed by atoms with Crippen LogP contribution in [0.2, 0.25) is 0 Å². The molecular weight excluding hydrogens is 291 g/mol. The van der Waals surface area contributed by atoms with Gasteiger partial charge in [0.2, 0.25) is 0 Å². The van der Waals surface area contributed by atoms with Crippen LogP contribution in [0.1, 0.15) is 33.3 Å². The molecule has 2 rings (SSSR count). The van der Waals surface area contributed by atoms with Crippen LogP contribution in [0, 0.1) is 11.6 Å². The van der Waals surface area contributed by atoms with Crippen LogP contribution in [0.25, 0.3) is 6.08 Å². The van der Waals surface area contributed by atoms with Gasteiger partial charge in [-0.05, 0) is 39.2 Å². The van der Waals surface area contributed by atoms with Crippen molar-refractivity contribution < 1.29 is 23.2 Å². The quantitative estimate of drug-likeness (QED) is 0.842. The molecule has 4 nitrogen and oxygen atoms in total. The van der Waals surface area contributed by atoms with Crippen molar-refractivity contribution in [3.8, 4) is 5.75 Å². The average Bonchev–Trinajstić information content (AvgIpc) is 2.60. The average molecular weight is 311 g/mol.